The second kappa shape index (κ2) is 9.89. The number of ether oxygens (including phenoxy) is 2. The summed E-state index contributed by atoms with van der Waals surface area (Å²) in [6, 6.07) is 12.7. The van der Waals surface area contributed by atoms with Crippen LogP contribution in [0.2, 0.25) is 0 Å². The molecule has 2 aromatic rings. The number of amides is 2. The van der Waals surface area contributed by atoms with Gasteiger partial charge in [0.15, 0.2) is 0 Å². The summed E-state index contributed by atoms with van der Waals surface area (Å²) in [5.41, 5.74) is 1.51. The van der Waals surface area contributed by atoms with Gasteiger partial charge in [-0.1, -0.05) is 18.1 Å². The summed E-state index contributed by atoms with van der Waals surface area (Å²) in [7, 11) is 0. The Morgan fingerprint density at radius 3 is 2.35 bits per heavy atom. The van der Waals surface area contributed by atoms with Crippen LogP contribution in [0, 0.1) is 12.3 Å². The van der Waals surface area contributed by atoms with E-state index in [0.29, 0.717) is 24.4 Å². The lowest BCUT2D eigenvalue weighted by Crippen LogP contribution is -2.30. The van der Waals surface area contributed by atoms with E-state index in [0.717, 1.165) is 5.56 Å². The molecule has 0 bridgehead atoms. The van der Waals surface area contributed by atoms with Crippen LogP contribution in [0.3, 0.4) is 0 Å². The zero-order valence-electron chi connectivity index (χ0n) is 13.9. The molecule has 2 N–H and O–H groups in total. The van der Waals surface area contributed by atoms with Crippen LogP contribution in [-0.2, 0) is 6.42 Å². The molecule has 0 saturated heterocycles. The topological polar surface area (TPSA) is 59.6 Å². The van der Waals surface area contributed by atoms with E-state index in [1.807, 2.05) is 24.3 Å². The Morgan fingerprint density at radius 2 is 1.73 bits per heavy atom. The minimum Gasteiger partial charge on any atom is -0.481 e. The maximum Gasteiger partial charge on any atom is 0.387 e. The Morgan fingerprint density at radius 1 is 1.08 bits per heavy atom. The molecule has 0 fully saturated rings. The van der Waals surface area contributed by atoms with Crippen LogP contribution < -0.4 is 20.1 Å². The molecule has 2 aromatic carbocycles. The van der Waals surface area contributed by atoms with Crippen LogP contribution in [0.25, 0.3) is 0 Å². The summed E-state index contributed by atoms with van der Waals surface area (Å²) in [5.74, 6) is 3.11. The molecule has 0 heterocycles. The molecule has 0 aliphatic heterocycles. The van der Waals surface area contributed by atoms with Gasteiger partial charge >= 0.3 is 12.6 Å². The zero-order chi connectivity index (χ0) is 18.8. The van der Waals surface area contributed by atoms with Crippen molar-refractivity contribution in [1.82, 2.24) is 5.32 Å². The molecule has 0 saturated carbocycles. The van der Waals surface area contributed by atoms with Gasteiger partial charge in [-0.25, -0.2) is 4.79 Å². The number of anilines is 1. The molecule has 0 unspecified atom stereocenters. The van der Waals surface area contributed by atoms with Crippen molar-refractivity contribution in [3.63, 3.8) is 0 Å². The molecule has 0 radical (unpaired) electrons. The highest BCUT2D eigenvalue weighted by Crippen LogP contribution is 2.17. The highest BCUT2D eigenvalue weighted by molar-refractivity contribution is 5.89. The Kier molecular flexibility index (Phi) is 7.25. The molecule has 7 heteroatoms. The summed E-state index contributed by atoms with van der Waals surface area (Å²) < 4.78 is 33.7. The minimum absolute atomic E-state index is 0.0284. The molecular formula is C19H18F2N2O3. The number of carbonyl (C=O) groups is 1. The fourth-order valence-electron chi connectivity index (χ4n) is 2.09. The first-order valence-corrected chi connectivity index (χ1v) is 7.82. The lowest BCUT2D eigenvalue weighted by molar-refractivity contribution is -0.0498. The Labute approximate surface area is 150 Å². The van der Waals surface area contributed by atoms with Crippen LogP contribution >= 0.6 is 0 Å². The van der Waals surface area contributed by atoms with Crippen molar-refractivity contribution in [3.8, 4) is 23.8 Å². The molecule has 0 aliphatic carbocycles. The van der Waals surface area contributed by atoms with Gasteiger partial charge in [0.1, 0.15) is 18.1 Å². The van der Waals surface area contributed by atoms with Crippen molar-refractivity contribution in [2.75, 3.05) is 18.5 Å². The average molecular weight is 360 g/mol. The molecule has 0 atom stereocenters. The molecule has 0 aromatic heterocycles. The van der Waals surface area contributed by atoms with Gasteiger partial charge in [-0.15, -0.1) is 6.42 Å². The zero-order valence-corrected chi connectivity index (χ0v) is 13.9. The number of halogens is 2. The third-order valence-corrected chi connectivity index (χ3v) is 3.28. The Hall–Kier alpha value is -3.27. The molecule has 0 aliphatic rings. The van der Waals surface area contributed by atoms with E-state index in [-0.39, 0.29) is 18.4 Å². The first-order valence-electron chi connectivity index (χ1n) is 7.82. The van der Waals surface area contributed by atoms with Crippen LogP contribution in [0.5, 0.6) is 11.5 Å². The van der Waals surface area contributed by atoms with Crippen LogP contribution in [0.15, 0.2) is 48.5 Å². The lowest BCUT2D eigenvalue weighted by Gasteiger charge is -2.09. The number of benzene rings is 2. The van der Waals surface area contributed by atoms with Crippen molar-refractivity contribution in [3.05, 3.63) is 54.1 Å². The van der Waals surface area contributed by atoms with Crippen LogP contribution in [-0.4, -0.2) is 25.8 Å². The number of nitrogens with one attached hydrogen (secondary N) is 2. The molecule has 26 heavy (non-hydrogen) atoms. The number of terminal acetylenes is 1. The number of alkyl halides is 2. The molecule has 2 amide bonds. The molecule has 0 spiro atoms. The second-order valence-electron chi connectivity index (χ2n) is 5.17. The summed E-state index contributed by atoms with van der Waals surface area (Å²) in [6.45, 7) is -2.23. The number of rotatable bonds is 8. The quantitative estimate of drug-likeness (QED) is 0.707. The summed E-state index contributed by atoms with van der Waals surface area (Å²) in [6.07, 6.45) is 5.77. The summed E-state index contributed by atoms with van der Waals surface area (Å²) >= 11 is 0. The summed E-state index contributed by atoms with van der Waals surface area (Å²) in [5, 5.41) is 5.33. The van der Waals surface area contributed by atoms with E-state index in [9.17, 15) is 13.6 Å². The number of hydrogen-bond acceptors (Lipinski definition) is 3. The first-order chi connectivity index (χ1) is 12.6. The molecule has 2 rings (SSSR count). The largest absolute Gasteiger partial charge is 0.481 e. The fourth-order valence-corrected chi connectivity index (χ4v) is 2.09. The normalized spacial score (nSPS) is 10.1. The van der Waals surface area contributed by atoms with Crippen molar-refractivity contribution in [2.45, 2.75) is 13.0 Å². The second-order valence-corrected chi connectivity index (χ2v) is 5.17. The van der Waals surface area contributed by atoms with E-state index < -0.39 is 6.61 Å². The van der Waals surface area contributed by atoms with Gasteiger partial charge < -0.3 is 20.1 Å². The Bertz CT molecular complexity index is 741. The van der Waals surface area contributed by atoms with Crippen molar-refractivity contribution in [1.29, 1.82) is 0 Å². The molecule has 136 valence electrons. The van der Waals surface area contributed by atoms with Crippen molar-refractivity contribution < 1.29 is 23.0 Å². The minimum atomic E-state index is -2.88. The van der Waals surface area contributed by atoms with Crippen molar-refractivity contribution in [2.24, 2.45) is 0 Å². The number of carbonyl (C=O) groups excluding carboxylic acids is 1. The smallest absolute Gasteiger partial charge is 0.387 e. The third kappa shape index (κ3) is 6.69. The maximum absolute atomic E-state index is 12.1. The van der Waals surface area contributed by atoms with E-state index >= 15 is 0 Å². The van der Waals surface area contributed by atoms with E-state index in [2.05, 4.69) is 21.3 Å². The predicted octanol–water partition coefficient (Wildman–Crippen LogP) is 3.66. The highest BCUT2D eigenvalue weighted by Gasteiger charge is 2.05. The standard InChI is InChI=1S/C19H18F2N2O3/c1-2-13-25-16-7-3-14(4-8-16)11-12-22-19(24)23-15-5-9-17(10-6-15)26-18(20)21/h1,3-10,18H,11-13H2,(H2,22,23,24). The van der Waals surface area contributed by atoms with E-state index in [1.165, 1.54) is 24.3 Å². The summed E-state index contributed by atoms with van der Waals surface area (Å²) in [4.78, 5) is 11.8. The van der Waals surface area contributed by atoms with E-state index in [1.54, 1.807) is 0 Å². The first kappa shape index (κ1) is 19.1. The van der Waals surface area contributed by atoms with Gasteiger partial charge in [0.2, 0.25) is 0 Å². The highest BCUT2D eigenvalue weighted by atomic mass is 19.3. The van der Waals surface area contributed by atoms with Gasteiger partial charge in [-0.3, -0.25) is 0 Å². The van der Waals surface area contributed by atoms with Crippen LogP contribution in [0.4, 0.5) is 19.3 Å². The lowest BCUT2D eigenvalue weighted by atomic mass is 10.1. The SMILES string of the molecule is C#CCOc1ccc(CCNC(=O)Nc2ccc(OC(F)F)cc2)cc1. The third-order valence-electron chi connectivity index (χ3n) is 3.28. The molecule has 5 nitrogen and oxygen atoms in total. The van der Waals surface area contributed by atoms with Gasteiger partial charge in [0, 0.05) is 12.2 Å². The number of hydrogen-bond donors (Lipinski definition) is 2. The number of urea groups is 1. The van der Waals surface area contributed by atoms with Gasteiger partial charge in [0.05, 0.1) is 0 Å². The Balaban J connectivity index is 1.72. The van der Waals surface area contributed by atoms with Gasteiger partial charge in [-0.05, 0) is 48.4 Å². The van der Waals surface area contributed by atoms with Gasteiger partial charge in [-0.2, -0.15) is 8.78 Å². The monoisotopic (exact) mass is 360 g/mol. The molecular weight excluding hydrogens is 342 g/mol. The van der Waals surface area contributed by atoms with Crippen LogP contribution in [0.1, 0.15) is 5.56 Å². The van der Waals surface area contributed by atoms with E-state index in [4.69, 9.17) is 11.2 Å². The fraction of sp³-hybridized carbons (Fsp3) is 0.211. The van der Waals surface area contributed by atoms with Gasteiger partial charge in [0.25, 0.3) is 0 Å². The van der Waals surface area contributed by atoms with Crippen molar-refractivity contribution >= 4 is 11.7 Å². The predicted molar refractivity (Wildman–Crippen MR) is 94.6 cm³/mol. The average Bonchev–Trinajstić information content (AvgIpc) is 2.62. The maximum atomic E-state index is 12.1.